The van der Waals surface area contributed by atoms with E-state index in [9.17, 15) is 9.59 Å². The average molecular weight is 314 g/mol. The highest BCUT2D eigenvalue weighted by molar-refractivity contribution is 7.99. The van der Waals surface area contributed by atoms with E-state index < -0.39 is 5.97 Å². The van der Waals surface area contributed by atoms with Crippen molar-refractivity contribution < 1.29 is 14.7 Å². The summed E-state index contributed by atoms with van der Waals surface area (Å²) in [7, 11) is 0. The van der Waals surface area contributed by atoms with Crippen molar-refractivity contribution in [2.75, 3.05) is 0 Å². The van der Waals surface area contributed by atoms with Gasteiger partial charge in [0.15, 0.2) is 5.78 Å². The Morgan fingerprint density at radius 2 is 1.64 bits per heavy atom. The molecule has 22 heavy (non-hydrogen) atoms. The molecule has 0 spiro atoms. The average Bonchev–Trinajstić information content (AvgIpc) is 2.54. The van der Waals surface area contributed by atoms with E-state index in [0.717, 1.165) is 4.90 Å². The molecular formula is C18H18O3S. The maximum Gasteiger partial charge on any atom is 0.303 e. The van der Waals surface area contributed by atoms with Gasteiger partial charge in [-0.2, -0.15) is 0 Å². The first-order valence-corrected chi connectivity index (χ1v) is 8.01. The quantitative estimate of drug-likeness (QED) is 0.600. The van der Waals surface area contributed by atoms with Crippen molar-refractivity contribution in [3.05, 3.63) is 65.7 Å². The van der Waals surface area contributed by atoms with E-state index in [1.807, 2.05) is 30.3 Å². The molecule has 1 atom stereocenters. The van der Waals surface area contributed by atoms with Gasteiger partial charge in [-0.3, -0.25) is 9.59 Å². The molecular weight excluding hydrogens is 296 g/mol. The summed E-state index contributed by atoms with van der Waals surface area (Å²) in [6.45, 7) is 2.14. The highest BCUT2D eigenvalue weighted by atomic mass is 32.2. The molecule has 0 saturated carbocycles. The molecule has 0 radical (unpaired) electrons. The molecule has 0 saturated heterocycles. The Bertz CT molecular complexity index is 635. The number of carbonyl (C=O) groups excluding carboxylic acids is 1. The maximum atomic E-state index is 11.8. The fraction of sp³-hybridized carbons (Fsp3) is 0.222. The lowest BCUT2D eigenvalue weighted by atomic mass is 10.1. The van der Waals surface area contributed by atoms with E-state index in [1.165, 1.54) is 5.56 Å². The van der Waals surface area contributed by atoms with Gasteiger partial charge in [-0.05, 0) is 24.6 Å². The second kappa shape index (κ2) is 7.80. The summed E-state index contributed by atoms with van der Waals surface area (Å²) in [6, 6.07) is 17.6. The van der Waals surface area contributed by atoms with Crippen LogP contribution in [0.15, 0.2) is 59.5 Å². The van der Waals surface area contributed by atoms with E-state index in [1.54, 1.807) is 23.9 Å². The highest BCUT2D eigenvalue weighted by Gasteiger charge is 2.10. The van der Waals surface area contributed by atoms with Gasteiger partial charge in [-0.1, -0.05) is 42.5 Å². The Kier molecular flexibility index (Phi) is 5.78. The summed E-state index contributed by atoms with van der Waals surface area (Å²) in [6.07, 6.45) is -0.0807. The third kappa shape index (κ3) is 4.74. The number of carboxylic acid groups (broad SMARTS) is 1. The number of aliphatic carboxylic acids is 1. The van der Waals surface area contributed by atoms with E-state index >= 15 is 0 Å². The molecule has 4 heteroatoms. The van der Waals surface area contributed by atoms with Crippen molar-refractivity contribution in [3.8, 4) is 0 Å². The Morgan fingerprint density at radius 1 is 1.00 bits per heavy atom. The van der Waals surface area contributed by atoms with Gasteiger partial charge < -0.3 is 5.11 Å². The first-order chi connectivity index (χ1) is 10.6. The van der Waals surface area contributed by atoms with Crippen molar-refractivity contribution >= 4 is 23.5 Å². The standard InChI is InChI=1S/C18H18O3S/c1-13(14-5-3-2-4-6-14)22-16-9-7-15(8-10-16)17(19)11-12-18(20)21/h2-10,13H,11-12H2,1H3,(H,20,21). The molecule has 0 fully saturated rings. The SMILES string of the molecule is CC(Sc1ccc(C(=O)CCC(=O)O)cc1)c1ccccc1. The molecule has 0 aliphatic carbocycles. The van der Waals surface area contributed by atoms with Gasteiger partial charge in [0.2, 0.25) is 0 Å². The zero-order valence-electron chi connectivity index (χ0n) is 12.4. The van der Waals surface area contributed by atoms with Crippen LogP contribution in [0, 0.1) is 0 Å². The Hall–Kier alpha value is -2.07. The first-order valence-electron chi connectivity index (χ1n) is 7.13. The second-order valence-electron chi connectivity index (χ2n) is 5.01. The molecule has 0 aromatic heterocycles. The summed E-state index contributed by atoms with van der Waals surface area (Å²) in [5.74, 6) is -1.08. The lowest BCUT2D eigenvalue weighted by Gasteiger charge is -2.11. The summed E-state index contributed by atoms with van der Waals surface area (Å²) in [5, 5.41) is 8.93. The predicted octanol–water partition coefficient (Wildman–Crippen LogP) is 4.59. The molecule has 2 rings (SSSR count). The van der Waals surface area contributed by atoms with Crippen LogP contribution in [0.4, 0.5) is 0 Å². The fourth-order valence-electron chi connectivity index (χ4n) is 2.08. The van der Waals surface area contributed by atoms with Crippen LogP contribution in [0.2, 0.25) is 0 Å². The minimum atomic E-state index is -0.947. The Balaban J connectivity index is 1.97. The van der Waals surface area contributed by atoms with Crippen molar-refractivity contribution in [2.24, 2.45) is 0 Å². The minimum absolute atomic E-state index is 0.0439. The van der Waals surface area contributed by atoms with Crippen molar-refractivity contribution in [1.29, 1.82) is 0 Å². The van der Waals surface area contributed by atoms with Gasteiger partial charge in [0.25, 0.3) is 0 Å². The molecule has 3 nitrogen and oxygen atoms in total. The molecule has 114 valence electrons. The van der Waals surface area contributed by atoms with Gasteiger partial charge in [0.1, 0.15) is 0 Å². The number of Topliss-reactive ketones (excluding diaryl/α,β-unsaturated/α-hetero) is 1. The van der Waals surface area contributed by atoms with Crippen LogP contribution < -0.4 is 0 Å². The fourth-order valence-corrected chi connectivity index (χ4v) is 3.08. The topological polar surface area (TPSA) is 54.4 Å². The number of hydrogen-bond acceptors (Lipinski definition) is 3. The summed E-state index contributed by atoms with van der Waals surface area (Å²) >= 11 is 1.73. The predicted molar refractivity (Wildman–Crippen MR) is 88.4 cm³/mol. The molecule has 2 aromatic rings. The maximum absolute atomic E-state index is 11.8. The zero-order chi connectivity index (χ0) is 15.9. The molecule has 1 N–H and O–H groups in total. The molecule has 0 bridgehead atoms. The number of thioether (sulfide) groups is 1. The van der Waals surface area contributed by atoms with Crippen LogP contribution >= 0.6 is 11.8 Å². The van der Waals surface area contributed by atoms with Gasteiger partial charge in [0, 0.05) is 22.1 Å². The lowest BCUT2D eigenvalue weighted by molar-refractivity contribution is -0.136. The van der Waals surface area contributed by atoms with Crippen LogP contribution in [0.1, 0.15) is 40.9 Å². The van der Waals surface area contributed by atoms with Crippen LogP contribution in [-0.2, 0) is 4.79 Å². The number of rotatable bonds is 7. The van der Waals surface area contributed by atoms with E-state index in [-0.39, 0.29) is 18.6 Å². The number of ketones is 1. The number of benzene rings is 2. The lowest BCUT2D eigenvalue weighted by Crippen LogP contribution is -2.03. The van der Waals surface area contributed by atoms with E-state index in [0.29, 0.717) is 10.8 Å². The minimum Gasteiger partial charge on any atom is -0.481 e. The largest absolute Gasteiger partial charge is 0.481 e. The van der Waals surface area contributed by atoms with Gasteiger partial charge in [-0.25, -0.2) is 0 Å². The smallest absolute Gasteiger partial charge is 0.303 e. The Labute approximate surface area is 134 Å². The molecule has 0 aliphatic rings. The zero-order valence-corrected chi connectivity index (χ0v) is 13.2. The molecule has 0 amide bonds. The van der Waals surface area contributed by atoms with Crippen LogP contribution in [0.3, 0.4) is 0 Å². The van der Waals surface area contributed by atoms with E-state index in [4.69, 9.17) is 5.11 Å². The van der Waals surface area contributed by atoms with Gasteiger partial charge in [0.05, 0.1) is 6.42 Å². The third-order valence-electron chi connectivity index (χ3n) is 3.32. The third-order valence-corrected chi connectivity index (χ3v) is 4.49. The van der Waals surface area contributed by atoms with Gasteiger partial charge >= 0.3 is 5.97 Å². The highest BCUT2D eigenvalue weighted by Crippen LogP contribution is 2.34. The van der Waals surface area contributed by atoms with Crippen molar-refractivity contribution in [2.45, 2.75) is 29.9 Å². The number of carboxylic acids is 1. The van der Waals surface area contributed by atoms with Crippen LogP contribution in [0.5, 0.6) is 0 Å². The molecule has 0 aliphatic heterocycles. The number of carbonyl (C=O) groups is 2. The van der Waals surface area contributed by atoms with Crippen molar-refractivity contribution in [1.82, 2.24) is 0 Å². The second-order valence-corrected chi connectivity index (χ2v) is 6.43. The first kappa shape index (κ1) is 16.3. The summed E-state index contributed by atoms with van der Waals surface area (Å²) < 4.78 is 0. The Morgan fingerprint density at radius 3 is 2.23 bits per heavy atom. The monoisotopic (exact) mass is 314 g/mol. The number of hydrogen-bond donors (Lipinski definition) is 1. The van der Waals surface area contributed by atoms with E-state index in [2.05, 4.69) is 19.1 Å². The van der Waals surface area contributed by atoms with Crippen molar-refractivity contribution in [3.63, 3.8) is 0 Å². The molecule has 1 unspecified atom stereocenters. The molecule has 2 aromatic carbocycles. The van der Waals surface area contributed by atoms with Crippen LogP contribution in [0.25, 0.3) is 0 Å². The normalized spacial score (nSPS) is 11.9. The van der Waals surface area contributed by atoms with Crippen LogP contribution in [-0.4, -0.2) is 16.9 Å². The summed E-state index contributed by atoms with van der Waals surface area (Å²) in [4.78, 5) is 23.4. The van der Waals surface area contributed by atoms with Gasteiger partial charge in [-0.15, -0.1) is 11.8 Å². The molecule has 0 heterocycles. The summed E-state index contributed by atoms with van der Waals surface area (Å²) in [5.41, 5.74) is 1.83.